The first kappa shape index (κ1) is 13.7. The van der Waals surface area contributed by atoms with Crippen molar-refractivity contribution in [3.63, 3.8) is 0 Å². The molecule has 3 heteroatoms. The Balaban J connectivity index is 1.73. The molecule has 1 atom stereocenters. The van der Waals surface area contributed by atoms with Crippen molar-refractivity contribution in [2.75, 3.05) is 18.1 Å². The maximum absolute atomic E-state index is 9.50. The summed E-state index contributed by atoms with van der Waals surface area (Å²) in [6.45, 7) is 5.95. The van der Waals surface area contributed by atoms with Gasteiger partial charge in [-0.2, -0.15) is 11.8 Å². The first-order valence-corrected chi connectivity index (χ1v) is 8.22. The Kier molecular flexibility index (Phi) is 4.79. The highest BCUT2D eigenvalue weighted by atomic mass is 32.2. The predicted molar refractivity (Wildman–Crippen MR) is 75.5 cm³/mol. The second-order valence-electron chi connectivity index (χ2n) is 6.45. The standard InChI is InChI=1S/C14H27NOS/c1-14(2)7-8-17-10-13(14)15-9-11-3-5-12(16)6-4-11/h11-13,15-16H,3-10H2,1-2H3. The van der Waals surface area contributed by atoms with Crippen molar-refractivity contribution in [3.05, 3.63) is 0 Å². The Morgan fingerprint density at radius 2 is 1.94 bits per heavy atom. The molecule has 1 aliphatic heterocycles. The van der Waals surface area contributed by atoms with Gasteiger partial charge in [0.1, 0.15) is 0 Å². The minimum absolute atomic E-state index is 0.0204. The molecule has 0 amide bonds. The fraction of sp³-hybridized carbons (Fsp3) is 1.00. The fourth-order valence-corrected chi connectivity index (χ4v) is 4.57. The smallest absolute Gasteiger partial charge is 0.0540 e. The number of rotatable bonds is 3. The molecule has 2 fully saturated rings. The quantitative estimate of drug-likeness (QED) is 0.815. The van der Waals surface area contributed by atoms with E-state index >= 15 is 0 Å². The van der Waals surface area contributed by atoms with E-state index in [1.807, 2.05) is 0 Å². The van der Waals surface area contributed by atoms with Crippen LogP contribution in [0.4, 0.5) is 0 Å². The lowest BCUT2D eigenvalue weighted by molar-refractivity contribution is 0.105. The van der Waals surface area contributed by atoms with Crippen molar-refractivity contribution in [1.29, 1.82) is 0 Å². The third kappa shape index (κ3) is 3.87. The second-order valence-corrected chi connectivity index (χ2v) is 7.60. The van der Waals surface area contributed by atoms with Crippen molar-refractivity contribution in [1.82, 2.24) is 5.32 Å². The van der Waals surface area contributed by atoms with Gasteiger partial charge >= 0.3 is 0 Å². The molecule has 2 rings (SSSR count). The van der Waals surface area contributed by atoms with Gasteiger partial charge in [0.05, 0.1) is 6.10 Å². The molecule has 0 bridgehead atoms. The van der Waals surface area contributed by atoms with Gasteiger partial charge in [0, 0.05) is 11.8 Å². The average Bonchev–Trinajstić information content (AvgIpc) is 2.29. The molecule has 17 heavy (non-hydrogen) atoms. The van der Waals surface area contributed by atoms with Crippen molar-refractivity contribution < 1.29 is 5.11 Å². The molecule has 1 aliphatic carbocycles. The zero-order valence-corrected chi connectivity index (χ0v) is 12.1. The van der Waals surface area contributed by atoms with Gasteiger partial charge in [0.15, 0.2) is 0 Å². The van der Waals surface area contributed by atoms with E-state index in [9.17, 15) is 5.11 Å². The third-order valence-electron chi connectivity index (χ3n) is 4.59. The van der Waals surface area contributed by atoms with Crippen LogP contribution in [-0.4, -0.2) is 35.3 Å². The molecule has 100 valence electrons. The van der Waals surface area contributed by atoms with Gasteiger partial charge in [-0.3, -0.25) is 0 Å². The highest BCUT2D eigenvalue weighted by molar-refractivity contribution is 7.99. The molecule has 0 radical (unpaired) electrons. The van der Waals surface area contributed by atoms with Crippen LogP contribution in [0.15, 0.2) is 0 Å². The molecule has 2 N–H and O–H groups in total. The van der Waals surface area contributed by atoms with Crippen LogP contribution in [-0.2, 0) is 0 Å². The van der Waals surface area contributed by atoms with Gasteiger partial charge in [-0.05, 0) is 55.7 Å². The summed E-state index contributed by atoms with van der Waals surface area (Å²) in [7, 11) is 0. The van der Waals surface area contributed by atoms with Crippen LogP contribution >= 0.6 is 11.8 Å². The molecule has 0 aromatic heterocycles. The van der Waals surface area contributed by atoms with E-state index in [0.29, 0.717) is 11.5 Å². The first-order valence-electron chi connectivity index (χ1n) is 7.07. The lowest BCUT2D eigenvalue weighted by Crippen LogP contribution is -2.48. The fourth-order valence-electron chi connectivity index (χ4n) is 2.93. The highest BCUT2D eigenvalue weighted by Crippen LogP contribution is 2.34. The Bertz CT molecular complexity index is 236. The van der Waals surface area contributed by atoms with Crippen LogP contribution in [0.1, 0.15) is 46.0 Å². The van der Waals surface area contributed by atoms with Crippen LogP contribution in [0.25, 0.3) is 0 Å². The summed E-state index contributed by atoms with van der Waals surface area (Å²) in [5.74, 6) is 3.38. The van der Waals surface area contributed by atoms with Crippen LogP contribution in [0, 0.1) is 11.3 Å². The molecule has 0 aromatic carbocycles. The number of nitrogens with one attached hydrogen (secondary N) is 1. The van der Waals surface area contributed by atoms with E-state index < -0.39 is 0 Å². The summed E-state index contributed by atoms with van der Waals surface area (Å²) in [6, 6.07) is 0.674. The number of aliphatic hydroxyl groups excluding tert-OH is 1. The van der Waals surface area contributed by atoms with Gasteiger partial charge in [-0.15, -0.1) is 0 Å². The molecule has 2 aliphatic rings. The zero-order valence-electron chi connectivity index (χ0n) is 11.2. The van der Waals surface area contributed by atoms with Gasteiger partial charge in [0.2, 0.25) is 0 Å². The van der Waals surface area contributed by atoms with Crippen LogP contribution in [0.2, 0.25) is 0 Å². The van der Waals surface area contributed by atoms with Crippen molar-refractivity contribution in [2.45, 2.75) is 58.1 Å². The highest BCUT2D eigenvalue weighted by Gasteiger charge is 2.32. The van der Waals surface area contributed by atoms with E-state index in [1.165, 1.54) is 30.8 Å². The average molecular weight is 257 g/mol. The summed E-state index contributed by atoms with van der Waals surface area (Å²) in [6.07, 6.45) is 5.74. The maximum atomic E-state index is 9.50. The molecular formula is C14H27NOS. The van der Waals surface area contributed by atoms with Crippen molar-refractivity contribution >= 4 is 11.8 Å². The lowest BCUT2D eigenvalue weighted by Gasteiger charge is -2.40. The zero-order chi connectivity index (χ0) is 12.3. The van der Waals surface area contributed by atoms with Crippen LogP contribution in [0.5, 0.6) is 0 Å². The molecule has 1 heterocycles. The minimum atomic E-state index is -0.0204. The van der Waals surface area contributed by atoms with E-state index in [2.05, 4.69) is 30.9 Å². The van der Waals surface area contributed by atoms with E-state index in [0.717, 1.165) is 25.3 Å². The van der Waals surface area contributed by atoms with Crippen molar-refractivity contribution in [2.24, 2.45) is 11.3 Å². The normalized spacial score (nSPS) is 37.9. The van der Waals surface area contributed by atoms with Crippen molar-refractivity contribution in [3.8, 4) is 0 Å². The van der Waals surface area contributed by atoms with E-state index in [1.54, 1.807) is 0 Å². The largest absolute Gasteiger partial charge is 0.393 e. The molecule has 0 aromatic rings. The summed E-state index contributed by atoms with van der Waals surface area (Å²) in [5, 5.41) is 13.3. The SMILES string of the molecule is CC1(C)CCSCC1NCC1CCC(O)CC1. The molecule has 1 saturated carbocycles. The summed E-state index contributed by atoms with van der Waals surface area (Å²) in [4.78, 5) is 0. The summed E-state index contributed by atoms with van der Waals surface area (Å²) in [5.41, 5.74) is 0.458. The Labute approximate surface area is 110 Å². The van der Waals surface area contributed by atoms with E-state index in [4.69, 9.17) is 0 Å². The van der Waals surface area contributed by atoms with Crippen LogP contribution in [0.3, 0.4) is 0 Å². The third-order valence-corrected chi connectivity index (χ3v) is 5.65. The maximum Gasteiger partial charge on any atom is 0.0540 e. The van der Waals surface area contributed by atoms with Crippen LogP contribution < -0.4 is 5.32 Å². The number of hydrogen-bond donors (Lipinski definition) is 2. The number of aliphatic hydroxyl groups is 1. The lowest BCUT2D eigenvalue weighted by atomic mass is 9.81. The van der Waals surface area contributed by atoms with Gasteiger partial charge in [0.25, 0.3) is 0 Å². The Hall–Kier alpha value is 0.270. The topological polar surface area (TPSA) is 32.3 Å². The number of thioether (sulfide) groups is 1. The molecular weight excluding hydrogens is 230 g/mol. The first-order chi connectivity index (χ1) is 8.08. The second kappa shape index (κ2) is 5.94. The predicted octanol–water partition coefficient (Wildman–Crippen LogP) is 2.66. The van der Waals surface area contributed by atoms with E-state index in [-0.39, 0.29) is 6.10 Å². The summed E-state index contributed by atoms with van der Waals surface area (Å²) >= 11 is 2.09. The Morgan fingerprint density at radius 3 is 2.59 bits per heavy atom. The minimum Gasteiger partial charge on any atom is -0.393 e. The number of hydrogen-bond acceptors (Lipinski definition) is 3. The molecule has 0 spiro atoms. The van der Waals surface area contributed by atoms with Gasteiger partial charge < -0.3 is 10.4 Å². The molecule has 1 unspecified atom stereocenters. The summed E-state index contributed by atoms with van der Waals surface area (Å²) < 4.78 is 0. The van der Waals surface area contributed by atoms with Gasteiger partial charge in [-0.1, -0.05) is 13.8 Å². The monoisotopic (exact) mass is 257 g/mol. The molecule has 1 saturated heterocycles. The Morgan fingerprint density at radius 1 is 1.24 bits per heavy atom. The van der Waals surface area contributed by atoms with Gasteiger partial charge in [-0.25, -0.2) is 0 Å². The molecule has 2 nitrogen and oxygen atoms in total.